The van der Waals surface area contributed by atoms with Gasteiger partial charge in [0.25, 0.3) is 5.56 Å². The first-order valence-electron chi connectivity index (χ1n) is 15.3. The van der Waals surface area contributed by atoms with Crippen molar-refractivity contribution in [2.45, 2.75) is 39.1 Å². The monoisotopic (exact) mass is 649 g/mol. The third-order valence-electron chi connectivity index (χ3n) is 7.58. The topological polar surface area (TPSA) is 105 Å². The summed E-state index contributed by atoms with van der Waals surface area (Å²) in [5, 5.41) is 0.511. The molecule has 2 heterocycles. The van der Waals surface area contributed by atoms with E-state index in [-0.39, 0.29) is 18.8 Å². The third-order valence-corrected chi connectivity index (χ3v) is 9.19. The highest BCUT2D eigenvalue weighted by Crippen LogP contribution is 2.54. The van der Waals surface area contributed by atoms with Crippen LogP contribution in [0.2, 0.25) is 0 Å². The molecule has 0 spiro atoms. The van der Waals surface area contributed by atoms with Crippen LogP contribution < -0.4 is 10.3 Å². The normalized spacial score (nSPS) is 12.0. The van der Waals surface area contributed by atoms with E-state index in [9.17, 15) is 9.36 Å². The molecule has 0 atom stereocenters. The Hall–Kier alpha value is -4.79. The number of hydrogen-bond donors (Lipinski definition) is 1. The molecule has 2 aromatic heterocycles. The molecule has 6 rings (SSSR count). The molecule has 0 saturated carbocycles. The molecule has 0 aliphatic rings. The summed E-state index contributed by atoms with van der Waals surface area (Å²) in [5.74, 6) is 0.646. The number of hydrogen-bond acceptors (Lipinski definition) is 7. The van der Waals surface area contributed by atoms with Crippen molar-refractivity contribution < 1.29 is 22.9 Å². The Morgan fingerprint density at radius 3 is 1.96 bits per heavy atom. The summed E-state index contributed by atoms with van der Waals surface area (Å²) in [5.41, 5.74) is 3.72. The molecule has 1 N–H and O–H groups in total. The summed E-state index contributed by atoms with van der Waals surface area (Å²) in [6.45, 7) is 4.12. The van der Waals surface area contributed by atoms with Gasteiger partial charge in [0.05, 0.1) is 37.1 Å². The maximum absolute atomic E-state index is 13.9. The zero-order valence-electron chi connectivity index (χ0n) is 26.2. The van der Waals surface area contributed by atoms with Gasteiger partial charge < -0.3 is 14.3 Å². The molecule has 0 aliphatic heterocycles. The number of para-hydroxylation sites is 1. The smallest absolute Gasteiger partial charge is 0.475 e. The van der Waals surface area contributed by atoms with E-state index in [0.29, 0.717) is 29.8 Å². The van der Waals surface area contributed by atoms with Gasteiger partial charge in [0.1, 0.15) is 5.75 Å². The number of H-pyrrole nitrogens is 1. The average Bonchev–Trinajstić information content (AvgIpc) is 3.49. The molecule has 0 aliphatic carbocycles. The van der Waals surface area contributed by atoms with Crippen LogP contribution in [0.3, 0.4) is 0 Å². The predicted molar refractivity (Wildman–Crippen MR) is 182 cm³/mol. The van der Waals surface area contributed by atoms with Crippen LogP contribution in [-0.2, 0) is 31.4 Å². The van der Waals surface area contributed by atoms with Crippen LogP contribution in [0.4, 0.5) is 0 Å². The Kier molecular flexibility index (Phi) is 9.80. The molecular weight excluding hydrogens is 613 g/mol. The molecule has 9 nitrogen and oxygen atoms in total. The quantitative estimate of drug-likeness (QED) is 0.118. The highest BCUT2D eigenvalue weighted by Gasteiger charge is 2.35. The Labute approximate surface area is 273 Å². The average molecular weight is 650 g/mol. The number of fused-ring (bicyclic) bond motifs is 1. The standard InChI is InChI=1S/C37H36N3O6P/c1-37(2,46-47(42,44-25-28-12-6-3-7-13-28)45-26-29-14-8-4-9-15-29)22-23-43-32-20-18-30(19-21-32)33-24-40(31-16-10-5-11-17-31)35-34(33)36(41)39-27-38-35/h3-21,24,27H,22-23,25-26H2,1-2H3,(H,38,39,41). The van der Waals surface area contributed by atoms with Gasteiger partial charge in [-0.05, 0) is 54.8 Å². The lowest BCUT2D eigenvalue weighted by Gasteiger charge is -2.29. The summed E-state index contributed by atoms with van der Waals surface area (Å²) in [7, 11) is -3.96. The van der Waals surface area contributed by atoms with Gasteiger partial charge in [-0.15, -0.1) is 0 Å². The van der Waals surface area contributed by atoms with Crippen molar-refractivity contribution in [3.63, 3.8) is 0 Å². The number of nitrogens with one attached hydrogen (secondary N) is 1. The second-order valence-electron chi connectivity index (χ2n) is 11.6. The number of benzene rings is 4. The first-order chi connectivity index (χ1) is 22.8. The van der Waals surface area contributed by atoms with Gasteiger partial charge in [-0.25, -0.2) is 9.55 Å². The van der Waals surface area contributed by atoms with Gasteiger partial charge in [-0.3, -0.25) is 18.4 Å². The summed E-state index contributed by atoms with van der Waals surface area (Å²) in [6, 6.07) is 36.3. The van der Waals surface area contributed by atoms with Crippen molar-refractivity contribution in [3.05, 3.63) is 149 Å². The zero-order valence-corrected chi connectivity index (χ0v) is 27.1. The summed E-state index contributed by atoms with van der Waals surface area (Å²) in [6.07, 6.45) is 3.75. The Morgan fingerprint density at radius 1 is 0.787 bits per heavy atom. The van der Waals surface area contributed by atoms with Crippen molar-refractivity contribution >= 4 is 18.9 Å². The van der Waals surface area contributed by atoms with E-state index in [1.807, 2.05) is 140 Å². The number of phosphoric acid groups is 1. The zero-order chi connectivity index (χ0) is 32.7. The first kappa shape index (κ1) is 32.2. The molecule has 10 heteroatoms. The summed E-state index contributed by atoms with van der Waals surface area (Å²) >= 11 is 0. The number of phosphoric ester groups is 1. The van der Waals surface area contributed by atoms with Crippen molar-refractivity contribution in [3.8, 4) is 22.6 Å². The van der Waals surface area contributed by atoms with E-state index >= 15 is 0 Å². The second-order valence-corrected chi connectivity index (χ2v) is 13.2. The molecule has 0 fully saturated rings. The van der Waals surface area contributed by atoms with Crippen LogP contribution >= 0.6 is 7.82 Å². The highest BCUT2D eigenvalue weighted by atomic mass is 31.2. The van der Waals surface area contributed by atoms with Crippen molar-refractivity contribution in [2.75, 3.05) is 6.61 Å². The van der Waals surface area contributed by atoms with E-state index in [2.05, 4.69) is 9.97 Å². The molecule has 0 saturated heterocycles. The lowest BCUT2D eigenvalue weighted by Crippen LogP contribution is -2.26. The van der Waals surface area contributed by atoms with Crippen molar-refractivity contribution in [1.29, 1.82) is 0 Å². The van der Waals surface area contributed by atoms with Gasteiger partial charge in [0, 0.05) is 23.9 Å². The fourth-order valence-electron chi connectivity index (χ4n) is 5.11. The Balaban J connectivity index is 1.12. The van der Waals surface area contributed by atoms with Crippen molar-refractivity contribution in [2.24, 2.45) is 0 Å². The van der Waals surface area contributed by atoms with Crippen LogP contribution in [0.5, 0.6) is 5.75 Å². The minimum absolute atomic E-state index is 0.0811. The van der Waals surface area contributed by atoms with E-state index in [0.717, 1.165) is 27.9 Å². The number of nitrogens with zero attached hydrogens (tertiary/aromatic N) is 2. The van der Waals surface area contributed by atoms with Crippen LogP contribution in [0.1, 0.15) is 31.4 Å². The Bertz CT molecular complexity index is 1960. The van der Waals surface area contributed by atoms with E-state index < -0.39 is 13.4 Å². The minimum atomic E-state index is -3.96. The summed E-state index contributed by atoms with van der Waals surface area (Å²) < 4.78 is 39.5. The molecular formula is C37H36N3O6P. The van der Waals surface area contributed by atoms with Crippen LogP contribution in [-0.4, -0.2) is 26.7 Å². The fraction of sp³-hybridized carbons (Fsp3) is 0.189. The van der Waals surface area contributed by atoms with Gasteiger partial charge in [-0.2, -0.15) is 0 Å². The molecule has 0 radical (unpaired) electrons. The van der Waals surface area contributed by atoms with E-state index in [1.165, 1.54) is 6.33 Å². The third kappa shape index (κ3) is 8.14. The highest BCUT2D eigenvalue weighted by molar-refractivity contribution is 7.48. The lowest BCUT2D eigenvalue weighted by atomic mass is 10.1. The molecule has 240 valence electrons. The molecule has 4 aromatic carbocycles. The predicted octanol–water partition coefficient (Wildman–Crippen LogP) is 8.49. The van der Waals surface area contributed by atoms with Crippen LogP contribution in [0, 0.1) is 0 Å². The van der Waals surface area contributed by atoms with Crippen LogP contribution in [0.15, 0.2) is 133 Å². The molecule has 47 heavy (non-hydrogen) atoms. The molecule has 0 unspecified atom stereocenters. The summed E-state index contributed by atoms with van der Waals surface area (Å²) in [4.78, 5) is 20.0. The number of rotatable bonds is 14. The maximum atomic E-state index is 13.9. The van der Waals surface area contributed by atoms with Gasteiger partial charge >= 0.3 is 7.82 Å². The number of aromatic amines is 1. The lowest BCUT2D eigenvalue weighted by molar-refractivity contribution is 0.0144. The molecule has 0 amide bonds. The van der Waals surface area contributed by atoms with Crippen LogP contribution in [0.25, 0.3) is 27.8 Å². The fourth-order valence-corrected chi connectivity index (χ4v) is 6.61. The van der Waals surface area contributed by atoms with Gasteiger partial charge in [0.15, 0.2) is 5.65 Å². The van der Waals surface area contributed by atoms with E-state index in [4.69, 9.17) is 18.3 Å². The minimum Gasteiger partial charge on any atom is -0.493 e. The molecule has 0 bridgehead atoms. The first-order valence-corrected chi connectivity index (χ1v) is 16.8. The van der Waals surface area contributed by atoms with Crippen molar-refractivity contribution in [1.82, 2.24) is 14.5 Å². The SMILES string of the molecule is CC(C)(CCOc1ccc(-c2cn(-c3ccccc3)c3nc[nH]c(=O)c23)cc1)OP(=O)(OCc1ccccc1)OCc1ccccc1. The van der Waals surface area contributed by atoms with Gasteiger partial charge in [0.2, 0.25) is 0 Å². The largest absolute Gasteiger partial charge is 0.493 e. The number of aromatic nitrogens is 3. The number of ether oxygens (including phenoxy) is 1. The van der Waals surface area contributed by atoms with E-state index in [1.54, 1.807) is 0 Å². The van der Waals surface area contributed by atoms with Gasteiger partial charge in [-0.1, -0.05) is 91.0 Å². The second kappa shape index (κ2) is 14.3. The Morgan fingerprint density at radius 2 is 1.36 bits per heavy atom. The maximum Gasteiger partial charge on any atom is 0.475 e. The molecule has 6 aromatic rings.